The van der Waals surface area contributed by atoms with E-state index in [0.717, 1.165) is 59.7 Å². The Bertz CT molecular complexity index is 2200. The maximum Gasteiger partial charge on any atom is 0.338 e. The van der Waals surface area contributed by atoms with Crippen molar-refractivity contribution in [3.63, 3.8) is 0 Å². The van der Waals surface area contributed by atoms with Gasteiger partial charge in [-0.15, -0.1) is 5.10 Å². The van der Waals surface area contributed by atoms with E-state index < -0.39 is 35.0 Å². The van der Waals surface area contributed by atoms with Crippen molar-refractivity contribution >= 4 is 70.1 Å². The molecule has 2 amide bonds. The Hall–Kier alpha value is -4.47. The zero-order valence-corrected chi connectivity index (χ0v) is 44.3. The van der Waals surface area contributed by atoms with Crippen molar-refractivity contribution in [1.29, 1.82) is 0 Å². The topological polar surface area (TPSA) is 160 Å². The molecule has 0 aliphatic rings. The highest BCUT2D eigenvalue weighted by molar-refractivity contribution is 8.00. The molecule has 0 spiro atoms. The van der Waals surface area contributed by atoms with Crippen LogP contribution >= 0.6 is 35.0 Å². The van der Waals surface area contributed by atoms with E-state index in [2.05, 4.69) is 34.8 Å². The van der Waals surface area contributed by atoms with Crippen LogP contribution in [0.5, 0.6) is 5.75 Å². The number of halogens is 2. The van der Waals surface area contributed by atoms with Crippen LogP contribution in [0.3, 0.4) is 0 Å². The second-order valence-corrected chi connectivity index (χ2v) is 20.1. The lowest BCUT2D eigenvalue weighted by molar-refractivity contribution is -0.304. The molecular weight excluding hydrogens is 950 g/mol. The van der Waals surface area contributed by atoms with Crippen molar-refractivity contribution in [2.24, 2.45) is 0 Å². The van der Waals surface area contributed by atoms with Gasteiger partial charge in [-0.05, 0) is 80.6 Å². The van der Waals surface area contributed by atoms with Gasteiger partial charge in [-0.2, -0.15) is 0 Å². The van der Waals surface area contributed by atoms with Crippen LogP contribution in [-0.4, -0.2) is 57.2 Å². The Kier molecular flexibility index (Phi) is 27.6. The standard InChI is InChI=1S/C54H75Cl2N5O8S/c1-6-8-10-12-14-16-18-20-22-24-33-66-54(65)43-30-32-45(56)47(36-43)58-52(63)49(61-37-48(59-60-61)70-41(5)53(64)69-50-39(3)27-26-28-40(50)4)51(62)57-46-35-42(29-31-44(46)55)38-68-67-34-25-23-21-19-17-15-13-11-9-7-2/h26-32,35-37,41,49H,6-25,33-34,38H2,1-5H3,(H,57,62)(H,58,63). The van der Waals surface area contributed by atoms with Gasteiger partial charge in [0.2, 0.25) is 6.04 Å². The number of anilines is 2. The van der Waals surface area contributed by atoms with Crippen molar-refractivity contribution < 1.29 is 38.4 Å². The van der Waals surface area contributed by atoms with Gasteiger partial charge in [-0.1, -0.05) is 194 Å². The molecule has 3 aromatic carbocycles. The predicted octanol–water partition coefficient (Wildman–Crippen LogP) is 14.6. The molecule has 16 heteroatoms. The molecule has 2 unspecified atom stereocenters. The average Bonchev–Trinajstić information content (AvgIpc) is 3.79. The van der Waals surface area contributed by atoms with Crippen LogP contribution in [0.1, 0.15) is 182 Å². The highest BCUT2D eigenvalue weighted by Crippen LogP contribution is 2.30. The Morgan fingerprint density at radius 3 is 1.74 bits per heavy atom. The van der Waals surface area contributed by atoms with E-state index in [4.69, 9.17) is 42.5 Å². The van der Waals surface area contributed by atoms with Crippen LogP contribution in [0.4, 0.5) is 11.4 Å². The zero-order valence-electron chi connectivity index (χ0n) is 42.0. The fraction of sp³-hybridized carbons (Fsp3) is 0.556. The number of benzene rings is 3. The molecule has 0 radical (unpaired) electrons. The summed E-state index contributed by atoms with van der Waals surface area (Å²) in [6.07, 6.45) is 25.1. The fourth-order valence-corrected chi connectivity index (χ4v) is 8.82. The van der Waals surface area contributed by atoms with Crippen LogP contribution < -0.4 is 15.4 Å². The number of nitrogens with one attached hydrogen (secondary N) is 2. The molecule has 2 atom stereocenters. The van der Waals surface area contributed by atoms with E-state index in [0.29, 0.717) is 17.9 Å². The first-order valence-corrected chi connectivity index (χ1v) is 27.0. The van der Waals surface area contributed by atoms with Crippen LogP contribution in [-0.2, 0) is 35.5 Å². The minimum absolute atomic E-state index is 0.0745. The predicted molar refractivity (Wildman–Crippen MR) is 281 cm³/mol. The van der Waals surface area contributed by atoms with E-state index in [1.807, 2.05) is 32.0 Å². The van der Waals surface area contributed by atoms with Gasteiger partial charge in [-0.3, -0.25) is 14.4 Å². The normalized spacial score (nSPS) is 12.1. The van der Waals surface area contributed by atoms with E-state index in [1.54, 1.807) is 25.1 Å². The largest absolute Gasteiger partial charge is 0.462 e. The number of esters is 2. The number of carbonyl (C=O) groups excluding carboxylic acids is 4. The highest BCUT2D eigenvalue weighted by Gasteiger charge is 2.32. The SMILES string of the molecule is CCCCCCCCCCCCOOCc1ccc(Cl)c(NC(=O)C(C(=O)Nc2cc(C(=O)OCCCCCCCCCCCC)ccc2Cl)n2cc(SC(C)C(=O)Oc3c(C)cccc3C)nn2)c1. The summed E-state index contributed by atoms with van der Waals surface area (Å²) < 4.78 is 12.4. The first-order valence-electron chi connectivity index (χ1n) is 25.4. The number of amides is 2. The first kappa shape index (κ1) is 58.1. The molecule has 13 nitrogen and oxygen atoms in total. The fourth-order valence-electron chi connectivity index (χ4n) is 7.74. The second kappa shape index (κ2) is 33.2. The Morgan fingerprint density at radius 2 is 1.17 bits per heavy atom. The van der Waals surface area contributed by atoms with Crippen LogP contribution in [0.15, 0.2) is 65.8 Å². The summed E-state index contributed by atoms with van der Waals surface area (Å²) in [5.41, 5.74) is 2.75. The minimum atomic E-state index is -1.68. The molecule has 0 bridgehead atoms. The third-order valence-electron chi connectivity index (χ3n) is 11.9. The lowest BCUT2D eigenvalue weighted by atomic mass is 10.1. The number of hydrogen-bond acceptors (Lipinski definition) is 11. The molecule has 384 valence electrons. The lowest BCUT2D eigenvalue weighted by Gasteiger charge is -2.18. The van der Waals surface area contributed by atoms with Gasteiger partial charge in [0.25, 0.3) is 11.8 Å². The van der Waals surface area contributed by atoms with Crippen molar-refractivity contribution in [1.82, 2.24) is 15.0 Å². The van der Waals surface area contributed by atoms with E-state index in [-0.39, 0.29) is 45.2 Å². The third kappa shape index (κ3) is 21.1. The molecular formula is C54H75Cl2N5O8S. The monoisotopic (exact) mass is 1020 g/mol. The second-order valence-electron chi connectivity index (χ2n) is 17.9. The zero-order chi connectivity index (χ0) is 50.5. The number of aryl methyl sites for hydroxylation is 2. The maximum atomic E-state index is 14.3. The quantitative estimate of drug-likeness (QED) is 0.00859. The number of rotatable bonds is 35. The van der Waals surface area contributed by atoms with Gasteiger partial charge in [0.15, 0.2) is 0 Å². The summed E-state index contributed by atoms with van der Waals surface area (Å²) in [4.78, 5) is 65.8. The van der Waals surface area contributed by atoms with Gasteiger partial charge in [0.1, 0.15) is 22.6 Å². The Balaban J connectivity index is 1.41. The molecule has 0 fully saturated rings. The minimum Gasteiger partial charge on any atom is -0.462 e. The lowest BCUT2D eigenvalue weighted by Crippen LogP contribution is -2.36. The van der Waals surface area contributed by atoms with Gasteiger partial charge in [0.05, 0.1) is 46.4 Å². The number of ether oxygens (including phenoxy) is 2. The molecule has 2 N–H and O–H groups in total. The molecule has 70 heavy (non-hydrogen) atoms. The molecule has 1 heterocycles. The molecule has 1 aromatic heterocycles. The van der Waals surface area contributed by atoms with Gasteiger partial charge >= 0.3 is 11.9 Å². The summed E-state index contributed by atoms with van der Waals surface area (Å²) in [6, 6.07) is 13.3. The van der Waals surface area contributed by atoms with Gasteiger partial charge < -0.3 is 20.1 Å². The van der Waals surface area contributed by atoms with Crippen LogP contribution in [0.25, 0.3) is 0 Å². The third-order valence-corrected chi connectivity index (χ3v) is 13.5. The number of carbonyl (C=O) groups is 4. The maximum absolute atomic E-state index is 14.3. The molecule has 0 saturated carbocycles. The van der Waals surface area contributed by atoms with Crippen molar-refractivity contribution in [2.45, 2.75) is 186 Å². The number of unbranched alkanes of at least 4 members (excludes halogenated alkanes) is 18. The van der Waals surface area contributed by atoms with Gasteiger partial charge in [0, 0.05) is 0 Å². The highest BCUT2D eigenvalue weighted by atomic mass is 35.5. The summed E-state index contributed by atoms with van der Waals surface area (Å²) >= 11 is 14.2. The number of thioether (sulfide) groups is 1. The molecule has 0 aliphatic carbocycles. The Morgan fingerprint density at radius 1 is 0.657 bits per heavy atom. The van der Waals surface area contributed by atoms with Crippen molar-refractivity contribution in [3.8, 4) is 5.75 Å². The number of nitrogens with zero attached hydrogens (tertiary/aromatic N) is 3. The Labute approximate surface area is 430 Å². The summed E-state index contributed by atoms with van der Waals surface area (Å²) in [5, 5.41) is 13.6. The number of aromatic nitrogens is 3. The molecule has 4 rings (SSSR count). The number of para-hydroxylation sites is 1. The van der Waals surface area contributed by atoms with Crippen molar-refractivity contribution in [3.05, 3.63) is 93.1 Å². The van der Waals surface area contributed by atoms with Crippen LogP contribution in [0.2, 0.25) is 10.0 Å². The average molecular weight is 1030 g/mol. The van der Waals surface area contributed by atoms with E-state index in [9.17, 15) is 19.2 Å². The van der Waals surface area contributed by atoms with E-state index in [1.165, 1.54) is 121 Å². The van der Waals surface area contributed by atoms with Gasteiger partial charge in [-0.25, -0.2) is 19.3 Å². The molecule has 4 aromatic rings. The van der Waals surface area contributed by atoms with Crippen LogP contribution in [0, 0.1) is 13.8 Å². The number of hydrogen-bond donors (Lipinski definition) is 2. The van der Waals surface area contributed by atoms with Crippen molar-refractivity contribution in [2.75, 3.05) is 23.8 Å². The molecule has 0 aliphatic heterocycles. The van der Waals surface area contributed by atoms with E-state index >= 15 is 0 Å². The smallest absolute Gasteiger partial charge is 0.338 e. The summed E-state index contributed by atoms with van der Waals surface area (Å²) in [7, 11) is 0. The summed E-state index contributed by atoms with van der Waals surface area (Å²) in [5.74, 6) is -2.27. The first-order chi connectivity index (χ1) is 33.9. The summed E-state index contributed by atoms with van der Waals surface area (Å²) in [6.45, 7) is 10.6. The molecule has 0 saturated heterocycles.